The van der Waals surface area contributed by atoms with Crippen molar-refractivity contribution < 1.29 is 0 Å². The molecule has 1 aromatic carbocycles. The van der Waals surface area contributed by atoms with E-state index < -0.39 is 0 Å². The first-order valence-corrected chi connectivity index (χ1v) is 6.52. The van der Waals surface area contributed by atoms with Crippen LogP contribution in [0.25, 0.3) is 0 Å². The molecule has 0 spiro atoms. The molecule has 0 aliphatic carbocycles. The third-order valence-corrected chi connectivity index (χ3v) is 3.25. The van der Waals surface area contributed by atoms with Crippen molar-refractivity contribution in [2.45, 2.75) is 32.4 Å². The molecular formula is C16H20N2. The van der Waals surface area contributed by atoms with E-state index in [1.807, 2.05) is 18.5 Å². The highest BCUT2D eigenvalue weighted by molar-refractivity contribution is 5.20. The minimum Gasteiger partial charge on any atom is -0.303 e. The summed E-state index contributed by atoms with van der Waals surface area (Å²) < 4.78 is 0. The van der Waals surface area contributed by atoms with Gasteiger partial charge < -0.3 is 5.32 Å². The SMILES string of the molecule is CCC(N[C@H](C)c1cccnc1)c1ccccc1. The van der Waals surface area contributed by atoms with Crippen LogP contribution in [0.2, 0.25) is 0 Å². The fourth-order valence-corrected chi connectivity index (χ4v) is 2.17. The van der Waals surface area contributed by atoms with Gasteiger partial charge in [-0.05, 0) is 30.5 Å². The second-order valence-corrected chi connectivity index (χ2v) is 4.55. The molecule has 0 aliphatic heterocycles. The molecule has 0 bridgehead atoms. The number of hydrogen-bond donors (Lipinski definition) is 1. The lowest BCUT2D eigenvalue weighted by molar-refractivity contribution is 0.456. The second kappa shape index (κ2) is 6.31. The largest absolute Gasteiger partial charge is 0.303 e. The molecular weight excluding hydrogens is 220 g/mol. The summed E-state index contributed by atoms with van der Waals surface area (Å²) in [7, 11) is 0. The zero-order valence-electron chi connectivity index (χ0n) is 11.0. The molecule has 1 unspecified atom stereocenters. The Morgan fingerprint density at radius 2 is 1.78 bits per heavy atom. The van der Waals surface area contributed by atoms with Gasteiger partial charge in [-0.2, -0.15) is 0 Å². The topological polar surface area (TPSA) is 24.9 Å². The maximum absolute atomic E-state index is 4.17. The minimum absolute atomic E-state index is 0.309. The van der Waals surface area contributed by atoms with Crippen LogP contribution in [-0.4, -0.2) is 4.98 Å². The Kier molecular flexibility index (Phi) is 4.48. The zero-order chi connectivity index (χ0) is 12.8. The van der Waals surface area contributed by atoms with Crippen LogP contribution in [0, 0.1) is 0 Å². The number of benzene rings is 1. The van der Waals surface area contributed by atoms with Gasteiger partial charge in [0, 0.05) is 24.5 Å². The molecule has 18 heavy (non-hydrogen) atoms. The van der Waals surface area contributed by atoms with Gasteiger partial charge in [-0.15, -0.1) is 0 Å². The molecule has 1 heterocycles. The van der Waals surface area contributed by atoms with Gasteiger partial charge >= 0.3 is 0 Å². The van der Waals surface area contributed by atoms with E-state index in [0.29, 0.717) is 12.1 Å². The van der Waals surface area contributed by atoms with E-state index in [1.54, 1.807) is 0 Å². The summed E-state index contributed by atoms with van der Waals surface area (Å²) in [5.74, 6) is 0. The summed E-state index contributed by atoms with van der Waals surface area (Å²) in [5, 5.41) is 3.66. The highest BCUT2D eigenvalue weighted by Crippen LogP contribution is 2.21. The predicted octanol–water partition coefficient (Wildman–Crippen LogP) is 3.88. The van der Waals surface area contributed by atoms with E-state index in [2.05, 4.69) is 60.5 Å². The predicted molar refractivity (Wildman–Crippen MR) is 75.3 cm³/mol. The van der Waals surface area contributed by atoms with Crippen molar-refractivity contribution in [1.29, 1.82) is 0 Å². The van der Waals surface area contributed by atoms with E-state index in [9.17, 15) is 0 Å². The Morgan fingerprint density at radius 3 is 2.39 bits per heavy atom. The van der Waals surface area contributed by atoms with E-state index in [0.717, 1.165) is 6.42 Å². The standard InChI is InChI=1S/C16H20N2/c1-3-16(14-8-5-4-6-9-14)18-13(2)15-10-7-11-17-12-15/h4-13,16,18H,3H2,1-2H3/t13-,16?/m1/s1. The smallest absolute Gasteiger partial charge is 0.0323 e. The van der Waals surface area contributed by atoms with E-state index >= 15 is 0 Å². The minimum atomic E-state index is 0.309. The van der Waals surface area contributed by atoms with Crippen LogP contribution in [0.3, 0.4) is 0 Å². The van der Waals surface area contributed by atoms with Crippen molar-refractivity contribution in [2.75, 3.05) is 0 Å². The third-order valence-electron chi connectivity index (χ3n) is 3.25. The Hall–Kier alpha value is -1.67. The monoisotopic (exact) mass is 240 g/mol. The molecule has 2 nitrogen and oxygen atoms in total. The van der Waals surface area contributed by atoms with E-state index in [4.69, 9.17) is 0 Å². The molecule has 1 N–H and O–H groups in total. The van der Waals surface area contributed by atoms with Gasteiger partial charge in [-0.25, -0.2) is 0 Å². The lowest BCUT2D eigenvalue weighted by atomic mass is 10.0. The van der Waals surface area contributed by atoms with Crippen molar-refractivity contribution in [3.63, 3.8) is 0 Å². The summed E-state index contributed by atoms with van der Waals surface area (Å²) in [4.78, 5) is 4.17. The van der Waals surface area contributed by atoms with Crippen molar-refractivity contribution in [1.82, 2.24) is 10.3 Å². The summed E-state index contributed by atoms with van der Waals surface area (Å²) in [6.45, 7) is 4.39. The number of rotatable bonds is 5. The molecule has 0 fully saturated rings. The van der Waals surface area contributed by atoms with E-state index in [1.165, 1.54) is 11.1 Å². The molecule has 0 saturated heterocycles. The summed E-state index contributed by atoms with van der Waals surface area (Å²) in [6, 6.07) is 15.4. The number of pyridine rings is 1. The quantitative estimate of drug-likeness (QED) is 0.857. The summed E-state index contributed by atoms with van der Waals surface area (Å²) >= 11 is 0. The van der Waals surface area contributed by atoms with Gasteiger partial charge in [0.25, 0.3) is 0 Å². The molecule has 0 radical (unpaired) electrons. The number of nitrogens with one attached hydrogen (secondary N) is 1. The van der Waals surface area contributed by atoms with Crippen molar-refractivity contribution >= 4 is 0 Å². The Bertz CT molecular complexity index is 453. The highest BCUT2D eigenvalue weighted by atomic mass is 14.9. The van der Waals surface area contributed by atoms with Crippen molar-refractivity contribution in [3.8, 4) is 0 Å². The average molecular weight is 240 g/mol. The van der Waals surface area contributed by atoms with Crippen LogP contribution in [0.15, 0.2) is 54.9 Å². The third kappa shape index (κ3) is 3.17. The average Bonchev–Trinajstić information content (AvgIpc) is 2.46. The first-order valence-electron chi connectivity index (χ1n) is 6.52. The molecule has 94 valence electrons. The van der Waals surface area contributed by atoms with E-state index in [-0.39, 0.29) is 0 Å². The molecule has 2 aromatic rings. The van der Waals surface area contributed by atoms with Gasteiger partial charge in [0.2, 0.25) is 0 Å². The fourth-order valence-electron chi connectivity index (χ4n) is 2.17. The Labute approximate surface area is 109 Å². The summed E-state index contributed by atoms with van der Waals surface area (Å²) in [6.07, 6.45) is 4.81. The Balaban J connectivity index is 2.07. The van der Waals surface area contributed by atoms with Gasteiger partial charge in [-0.3, -0.25) is 4.98 Å². The lowest BCUT2D eigenvalue weighted by Crippen LogP contribution is -2.24. The van der Waals surface area contributed by atoms with Crippen LogP contribution >= 0.6 is 0 Å². The van der Waals surface area contributed by atoms with Crippen LogP contribution in [0.5, 0.6) is 0 Å². The first kappa shape index (κ1) is 12.8. The zero-order valence-corrected chi connectivity index (χ0v) is 11.0. The molecule has 0 aliphatic rings. The van der Waals surface area contributed by atoms with Crippen LogP contribution in [-0.2, 0) is 0 Å². The highest BCUT2D eigenvalue weighted by Gasteiger charge is 2.13. The molecule has 2 heteroatoms. The number of aromatic nitrogens is 1. The van der Waals surface area contributed by atoms with Crippen molar-refractivity contribution in [3.05, 3.63) is 66.0 Å². The summed E-state index contributed by atoms with van der Waals surface area (Å²) in [5.41, 5.74) is 2.57. The normalized spacial score (nSPS) is 14.1. The maximum Gasteiger partial charge on any atom is 0.0323 e. The number of nitrogens with zero attached hydrogens (tertiary/aromatic N) is 1. The van der Waals surface area contributed by atoms with Gasteiger partial charge in [0.15, 0.2) is 0 Å². The van der Waals surface area contributed by atoms with Gasteiger partial charge in [0.05, 0.1) is 0 Å². The molecule has 0 amide bonds. The van der Waals surface area contributed by atoms with Gasteiger partial charge in [-0.1, -0.05) is 43.3 Å². The molecule has 0 saturated carbocycles. The number of hydrogen-bond acceptors (Lipinski definition) is 2. The van der Waals surface area contributed by atoms with Crippen LogP contribution < -0.4 is 5.32 Å². The first-order chi connectivity index (χ1) is 8.81. The molecule has 2 atom stereocenters. The second-order valence-electron chi connectivity index (χ2n) is 4.55. The Morgan fingerprint density at radius 1 is 1.06 bits per heavy atom. The van der Waals surface area contributed by atoms with Crippen molar-refractivity contribution in [2.24, 2.45) is 0 Å². The van der Waals surface area contributed by atoms with Gasteiger partial charge in [0.1, 0.15) is 0 Å². The lowest BCUT2D eigenvalue weighted by Gasteiger charge is -2.22. The molecule has 2 rings (SSSR count). The van der Waals surface area contributed by atoms with Crippen LogP contribution in [0.1, 0.15) is 43.5 Å². The fraction of sp³-hybridized carbons (Fsp3) is 0.312. The maximum atomic E-state index is 4.17. The van der Waals surface area contributed by atoms with Crippen LogP contribution in [0.4, 0.5) is 0 Å². The molecule has 1 aromatic heterocycles.